The van der Waals surface area contributed by atoms with Gasteiger partial charge in [0.2, 0.25) is 0 Å². The molecule has 0 fully saturated rings. The number of benzene rings is 1. The Bertz CT molecular complexity index is 904. The van der Waals surface area contributed by atoms with Crippen LogP contribution >= 0.6 is 22.7 Å². The van der Waals surface area contributed by atoms with Crippen molar-refractivity contribution in [3.05, 3.63) is 68.5 Å². The van der Waals surface area contributed by atoms with Gasteiger partial charge in [0.25, 0.3) is 0 Å². The predicted octanol–water partition coefficient (Wildman–Crippen LogP) is 3.15. The molecular formula is C19H18N2O4S2. The molecular weight excluding hydrogens is 384 g/mol. The molecule has 1 atom stereocenters. The first-order valence-electron chi connectivity index (χ1n) is 8.10. The van der Waals surface area contributed by atoms with Crippen LogP contribution in [0.25, 0.3) is 0 Å². The summed E-state index contributed by atoms with van der Waals surface area (Å²) in [5, 5.41) is 17.3. The number of hydrogen-bond donors (Lipinski definition) is 3. The number of carbonyl (C=O) groups is 2. The number of rotatable bonds is 6. The largest absolute Gasteiger partial charge is 0.497 e. The summed E-state index contributed by atoms with van der Waals surface area (Å²) in [6.45, 7) is 0.219. The van der Waals surface area contributed by atoms with Crippen LogP contribution in [0.1, 0.15) is 20.7 Å². The minimum atomic E-state index is -0.740. The van der Waals surface area contributed by atoms with Gasteiger partial charge in [-0.25, -0.2) is 0 Å². The van der Waals surface area contributed by atoms with Crippen LogP contribution in [-0.4, -0.2) is 24.0 Å². The zero-order valence-electron chi connectivity index (χ0n) is 14.5. The molecule has 2 amide bonds. The highest BCUT2D eigenvalue weighted by Gasteiger charge is 2.16. The van der Waals surface area contributed by atoms with Crippen LogP contribution in [0.3, 0.4) is 0 Å². The molecule has 2 heterocycles. The van der Waals surface area contributed by atoms with Crippen molar-refractivity contribution in [1.82, 2.24) is 5.32 Å². The third-order valence-corrected chi connectivity index (χ3v) is 5.80. The lowest BCUT2D eigenvalue weighted by atomic mass is 10.2. The molecule has 2 aromatic heterocycles. The Morgan fingerprint density at radius 3 is 2.52 bits per heavy atom. The molecule has 8 heteroatoms. The standard InChI is InChI=1S/C19H18N2O4S2/c1-25-13-6-4-12(5-7-13)21-19(24)18(23)20-11-14-8-9-16(27-14)17(22)15-3-2-10-26-15/h2-10,17,22H,11H2,1H3,(H,20,23)(H,21,24). The van der Waals surface area contributed by atoms with E-state index in [0.717, 1.165) is 14.6 Å². The van der Waals surface area contributed by atoms with E-state index in [2.05, 4.69) is 10.6 Å². The van der Waals surface area contributed by atoms with Crippen molar-refractivity contribution in [3.8, 4) is 5.75 Å². The van der Waals surface area contributed by atoms with Gasteiger partial charge in [-0.05, 0) is 47.8 Å². The summed E-state index contributed by atoms with van der Waals surface area (Å²) in [6.07, 6.45) is -0.669. The monoisotopic (exact) mass is 402 g/mol. The smallest absolute Gasteiger partial charge is 0.313 e. The molecule has 0 radical (unpaired) electrons. The van der Waals surface area contributed by atoms with Gasteiger partial charge in [0.15, 0.2) is 0 Å². The molecule has 27 heavy (non-hydrogen) atoms. The number of ether oxygens (including phenoxy) is 1. The van der Waals surface area contributed by atoms with Gasteiger partial charge in [-0.3, -0.25) is 9.59 Å². The SMILES string of the molecule is COc1ccc(NC(=O)C(=O)NCc2ccc(C(O)c3cccs3)s2)cc1. The van der Waals surface area contributed by atoms with E-state index in [1.807, 2.05) is 29.6 Å². The van der Waals surface area contributed by atoms with Crippen LogP contribution < -0.4 is 15.4 Å². The van der Waals surface area contributed by atoms with E-state index in [1.165, 1.54) is 22.7 Å². The van der Waals surface area contributed by atoms with Crippen molar-refractivity contribution >= 4 is 40.2 Å². The maximum Gasteiger partial charge on any atom is 0.313 e. The number of aliphatic hydroxyl groups is 1. The van der Waals surface area contributed by atoms with Crippen LogP contribution in [0.4, 0.5) is 5.69 Å². The van der Waals surface area contributed by atoms with E-state index >= 15 is 0 Å². The summed E-state index contributed by atoms with van der Waals surface area (Å²) in [5.74, 6) is -0.800. The number of amides is 2. The normalized spacial score (nSPS) is 11.6. The molecule has 1 aromatic carbocycles. The highest BCUT2D eigenvalue weighted by Crippen LogP contribution is 2.30. The lowest BCUT2D eigenvalue weighted by Gasteiger charge is -2.07. The second-order valence-corrected chi connectivity index (χ2v) is 7.77. The number of aliphatic hydroxyl groups excluding tert-OH is 1. The molecule has 0 spiro atoms. The molecule has 1 unspecified atom stereocenters. The minimum Gasteiger partial charge on any atom is -0.497 e. The van der Waals surface area contributed by atoms with E-state index < -0.39 is 17.9 Å². The first-order valence-corrected chi connectivity index (χ1v) is 9.79. The van der Waals surface area contributed by atoms with E-state index in [0.29, 0.717) is 11.4 Å². The molecule has 3 rings (SSSR count). The first-order chi connectivity index (χ1) is 13.1. The van der Waals surface area contributed by atoms with E-state index in [-0.39, 0.29) is 6.54 Å². The Kier molecular flexibility index (Phi) is 6.23. The highest BCUT2D eigenvalue weighted by molar-refractivity contribution is 7.12. The zero-order valence-corrected chi connectivity index (χ0v) is 16.1. The zero-order chi connectivity index (χ0) is 19.2. The van der Waals surface area contributed by atoms with Crippen LogP contribution in [0.5, 0.6) is 5.75 Å². The van der Waals surface area contributed by atoms with Crippen LogP contribution in [0, 0.1) is 0 Å². The maximum absolute atomic E-state index is 12.0. The second kappa shape index (κ2) is 8.81. The molecule has 0 aliphatic rings. The Balaban J connectivity index is 1.52. The molecule has 140 valence electrons. The fourth-order valence-corrected chi connectivity index (χ4v) is 4.09. The number of carbonyl (C=O) groups excluding carboxylic acids is 2. The summed E-state index contributed by atoms with van der Waals surface area (Å²) in [5.41, 5.74) is 0.508. The minimum absolute atomic E-state index is 0.219. The third kappa shape index (κ3) is 4.94. The van der Waals surface area contributed by atoms with E-state index in [1.54, 1.807) is 31.4 Å². The van der Waals surface area contributed by atoms with Gasteiger partial charge in [0.05, 0.1) is 13.7 Å². The van der Waals surface area contributed by atoms with Gasteiger partial charge in [0.1, 0.15) is 11.9 Å². The Hall–Kier alpha value is -2.68. The van der Waals surface area contributed by atoms with Gasteiger partial charge in [0, 0.05) is 20.3 Å². The molecule has 0 saturated heterocycles. The molecule has 0 saturated carbocycles. The third-order valence-electron chi connectivity index (χ3n) is 3.74. The van der Waals surface area contributed by atoms with Crippen molar-refractivity contribution in [2.75, 3.05) is 12.4 Å². The lowest BCUT2D eigenvalue weighted by molar-refractivity contribution is -0.136. The van der Waals surface area contributed by atoms with Crippen molar-refractivity contribution < 1.29 is 19.4 Å². The maximum atomic E-state index is 12.0. The number of hydrogen-bond acceptors (Lipinski definition) is 6. The molecule has 0 aliphatic heterocycles. The molecule has 3 N–H and O–H groups in total. The highest BCUT2D eigenvalue weighted by atomic mass is 32.1. The van der Waals surface area contributed by atoms with Crippen molar-refractivity contribution in [1.29, 1.82) is 0 Å². The second-order valence-electron chi connectivity index (χ2n) is 5.59. The van der Waals surface area contributed by atoms with Gasteiger partial charge in [-0.15, -0.1) is 22.7 Å². The first kappa shape index (κ1) is 19.1. The average Bonchev–Trinajstić information content (AvgIpc) is 3.38. The number of anilines is 1. The molecule has 3 aromatic rings. The topological polar surface area (TPSA) is 87.7 Å². The summed E-state index contributed by atoms with van der Waals surface area (Å²) < 4.78 is 5.04. The van der Waals surface area contributed by atoms with Crippen LogP contribution in [0.2, 0.25) is 0 Å². The quantitative estimate of drug-likeness (QED) is 0.553. The van der Waals surface area contributed by atoms with Gasteiger partial charge in [-0.1, -0.05) is 6.07 Å². The Labute approximate surface area is 164 Å². The van der Waals surface area contributed by atoms with Crippen molar-refractivity contribution in [3.63, 3.8) is 0 Å². The van der Waals surface area contributed by atoms with E-state index in [4.69, 9.17) is 4.74 Å². The van der Waals surface area contributed by atoms with E-state index in [9.17, 15) is 14.7 Å². The van der Waals surface area contributed by atoms with Gasteiger partial charge < -0.3 is 20.5 Å². The Morgan fingerprint density at radius 1 is 1.07 bits per heavy atom. The fourth-order valence-electron chi connectivity index (χ4n) is 2.33. The van der Waals surface area contributed by atoms with Gasteiger partial charge >= 0.3 is 11.8 Å². The summed E-state index contributed by atoms with van der Waals surface area (Å²) in [6, 6.07) is 14.1. The molecule has 0 bridgehead atoms. The van der Waals surface area contributed by atoms with Crippen LogP contribution in [0.15, 0.2) is 53.9 Å². The number of thiophene rings is 2. The fraction of sp³-hybridized carbons (Fsp3) is 0.158. The van der Waals surface area contributed by atoms with Crippen LogP contribution in [-0.2, 0) is 16.1 Å². The predicted molar refractivity (Wildman–Crippen MR) is 106 cm³/mol. The Morgan fingerprint density at radius 2 is 1.85 bits per heavy atom. The van der Waals surface area contributed by atoms with Gasteiger partial charge in [-0.2, -0.15) is 0 Å². The average molecular weight is 402 g/mol. The molecule has 6 nitrogen and oxygen atoms in total. The van der Waals surface area contributed by atoms with Crippen molar-refractivity contribution in [2.45, 2.75) is 12.6 Å². The summed E-state index contributed by atoms with van der Waals surface area (Å²) >= 11 is 2.88. The summed E-state index contributed by atoms with van der Waals surface area (Å²) in [4.78, 5) is 26.5. The number of methoxy groups -OCH3 is 1. The number of nitrogens with one attached hydrogen (secondary N) is 2. The molecule has 0 aliphatic carbocycles. The van der Waals surface area contributed by atoms with Crippen molar-refractivity contribution in [2.24, 2.45) is 0 Å². The summed E-state index contributed by atoms with van der Waals surface area (Å²) in [7, 11) is 1.55. The lowest BCUT2D eigenvalue weighted by Crippen LogP contribution is -2.34.